The van der Waals surface area contributed by atoms with Crippen molar-refractivity contribution in [1.29, 1.82) is 0 Å². The van der Waals surface area contributed by atoms with Crippen LogP contribution in [0.15, 0.2) is 42.0 Å². The van der Waals surface area contributed by atoms with Gasteiger partial charge in [0.05, 0.1) is 20.6 Å². The second-order valence-electron chi connectivity index (χ2n) is 4.91. The minimum absolute atomic E-state index is 0.326. The fourth-order valence-corrected chi connectivity index (χ4v) is 1.79. The first-order valence-corrected chi connectivity index (χ1v) is 6.97. The number of hydrogen-bond donors (Lipinski definition) is 1. The van der Waals surface area contributed by atoms with Crippen LogP contribution in [0.2, 0.25) is 0 Å². The molecular formula is C16H17F2NO6. The Balaban J connectivity index is 3.01. The Labute approximate surface area is 142 Å². The highest BCUT2D eigenvalue weighted by molar-refractivity contribution is 5.94. The highest BCUT2D eigenvalue weighted by Crippen LogP contribution is 2.27. The largest absolute Gasteiger partial charge is 0.469 e. The summed E-state index contributed by atoms with van der Waals surface area (Å²) in [4.78, 5) is 34.7. The number of esters is 3. The van der Waals surface area contributed by atoms with Crippen molar-refractivity contribution in [1.82, 2.24) is 0 Å². The molecule has 0 spiro atoms. The van der Waals surface area contributed by atoms with E-state index in [2.05, 4.69) is 14.2 Å². The van der Waals surface area contributed by atoms with Gasteiger partial charge in [0.2, 0.25) is 5.83 Å². The molecule has 1 atom stereocenters. The van der Waals surface area contributed by atoms with Gasteiger partial charge in [-0.15, -0.1) is 0 Å². The summed E-state index contributed by atoms with van der Waals surface area (Å²) < 4.78 is 41.5. The van der Waals surface area contributed by atoms with Crippen LogP contribution in [-0.4, -0.2) is 37.7 Å². The lowest BCUT2D eigenvalue weighted by molar-refractivity contribution is -0.153. The Kier molecular flexibility index (Phi) is 7.19. The predicted molar refractivity (Wildman–Crippen MR) is 81.0 cm³/mol. The van der Waals surface area contributed by atoms with Gasteiger partial charge in [-0.05, 0) is 5.56 Å². The minimum Gasteiger partial charge on any atom is -0.469 e. The summed E-state index contributed by atoms with van der Waals surface area (Å²) in [5.74, 6) is -8.25. The Morgan fingerprint density at radius 1 is 1.08 bits per heavy atom. The second kappa shape index (κ2) is 8.88. The molecule has 1 aromatic carbocycles. The molecule has 0 aromatic heterocycles. The Morgan fingerprint density at radius 3 is 2.20 bits per heavy atom. The lowest BCUT2D eigenvalue weighted by Gasteiger charge is -2.23. The van der Waals surface area contributed by atoms with E-state index in [9.17, 15) is 23.2 Å². The van der Waals surface area contributed by atoms with Crippen LogP contribution in [0.4, 0.5) is 8.78 Å². The summed E-state index contributed by atoms with van der Waals surface area (Å²) >= 11 is 0. The van der Waals surface area contributed by atoms with E-state index in [0.29, 0.717) is 5.56 Å². The topological polar surface area (TPSA) is 105 Å². The summed E-state index contributed by atoms with van der Waals surface area (Å²) in [6.45, 7) is -0.326. The fraction of sp³-hybridized carbons (Fsp3) is 0.312. The molecule has 0 bridgehead atoms. The summed E-state index contributed by atoms with van der Waals surface area (Å²) in [5, 5.41) is 0. The molecule has 0 aliphatic carbocycles. The van der Waals surface area contributed by atoms with Gasteiger partial charge in [-0.3, -0.25) is 4.79 Å². The maximum absolute atomic E-state index is 14.3. The second-order valence-corrected chi connectivity index (χ2v) is 4.91. The van der Waals surface area contributed by atoms with Gasteiger partial charge >= 0.3 is 17.9 Å². The molecule has 1 aromatic rings. The van der Waals surface area contributed by atoms with Gasteiger partial charge in [-0.1, -0.05) is 30.3 Å². The Morgan fingerprint density at radius 2 is 1.68 bits per heavy atom. The van der Waals surface area contributed by atoms with Gasteiger partial charge in [0.15, 0.2) is 11.4 Å². The Hall–Kier alpha value is -2.81. The average molecular weight is 357 g/mol. The summed E-state index contributed by atoms with van der Waals surface area (Å²) in [7, 11) is 1.83. The molecule has 0 amide bonds. The van der Waals surface area contributed by atoms with Gasteiger partial charge in [-0.2, -0.15) is 4.39 Å². The zero-order chi connectivity index (χ0) is 19.0. The number of nitrogens with two attached hydrogens (primary N) is 1. The maximum atomic E-state index is 14.3. The molecule has 2 N–H and O–H groups in total. The molecule has 0 heterocycles. The van der Waals surface area contributed by atoms with Crippen LogP contribution in [0.1, 0.15) is 12.0 Å². The van der Waals surface area contributed by atoms with Crippen LogP contribution in [0.3, 0.4) is 0 Å². The third-order valence-electron chi connectivity index (χ3n) is 3.18. The van der Waals surface area contributed by atoms with E-state index in [1.165, 1.54) is 0 Å². The fourth-order valence-electron chi connectivity index (χ4n) is 1.79. The first kappa shape index (κ1) is 20.2. The molecule has 0 saturated heterocycles. The molecule has 25 heavy (non-hydrogen) atoms. The molecular weight excluding hydrogens is 340 g/mol. The van der Waals surface area contributed by atoms with Gasteiger partial charge < -0.3 is 19.9 Å². The van der Waals surface area contributed by atoms with E-state index in [1.54, 1.807) is 30.3 Å². The van der Waals surface area contributed by atoms with E-state index in [-0.39, 0.29) is 6.61 Å². The SMILES string of the molecule is COC(=O)CC(N)(C(=O)OC)/C(F)=C(\F)C(=O)OCc1ccccc1. The van der Waals surface area contributed by atoms with Crippen molar-refractivity contribution < 1.29 is 37.4 Å². The number of halogens is 2. The molecule has 0 fully saturated rings. The number of methoxy groups -OCH3 is 2. The number of rotatable bonds is 7. The quantitative estimate of drug-likeness (QED) is 0.446. The molecule has 0 aliphatic rings. The smallest absolute Gasteiger partial charge is 0.370 e. The van der Waals surface area contributed by atoms with Crippen molar-refractivity contribution in [3.63, 3.8) is 0 Å². The Bertz CT molecular complexity index is 676. The van der Waals surface area contributed by atoms with Crippen LogP contribution in [-0.2, 0) is 35.2 Å². The van der Waals surface area contributed by atoms with Crippen molar-refractivity contribution in [3.05, 3.63) is 47.5 Å². The molecule has 1 rings (SSSR count). The number of ether oxygens (including phenoxy) is 3. The maximum Gasteiger partial charge on any atom is 0.370 e. The van der Waals surface area contributed by atoms with Crippen molar-refractivity contribution in [2.24, 2.45) is 5.73 Å². The summed E-state index contributed by atoms with van der Waals surface area (Å²) in [5.41, 5.74) is 3.15. The molecule has 7 nitrogen and oxygen atoms in total. The minimum atomic E-state index is -2.85. The van der Waals surface area contributed by atoms with Gasteiger partial charge in [0.25, 0.3) is 0 Å². The van der Waals surface area contributed by atoms with Crippen LogP contribution < -0.4 is 5.73 Å². The lowest BCUT2D eigenvalue weighted by Crippen LogP contribution is -2.52. The van der Waals surface area contributed by atoms with E-state index in [1.807, 2.05) is 0 Å². The molecule has 1 unspecified atom stereocenters. The van der Waals surface area contributed by atoms with E-state index in [0.717, 1.165) is 14.2 Å². The van der Waals surface area contributed by atoms with Crippen molar-refractivity contribution in [2.75, 3.05) is 14.2 Å². The van der Waals surface area contributed by atoms with Gasteiger partial charge in [-0.25, -0.2) is 14.0 Å². The zero-order valence-corrected chi connectivity index (χ0v) is 13.6. The van der Waals surface area contributed by atoms with Gasteiger partial charge in [0.1, 0.15) is 6.61 Å². The van der Waals surface area contributed by atoms with Crippen LogP contribution in [0.5, 0.6) is 0 Å². The molecule has 0 saturated carbocycles. The highest BCUT2D eigenvalue weighted by Gasteiger charge is 2.46. The number of carbonyl (C=O) groups excluding carboxylic acids is 3. The van der Waals surface area contributed by atoms with E-state index in [4.69, 9.17) is 5.73 Å². The first-order valence-electron chi connectivity index (χ1n) is 6.97. The van der Waals surface area contributed by atoms with Crippen LogP contribution >= 0.6 is 0 Å². The number of hydrogen-bond acceptors (Lipinski definition) is 7. The molecule has 0 radical (unpaired) electrons. The van der Waals surface area contributed by atoms with Crippen molar-refractivity contribution >= 4 is 17.9 Å². The average Bonchev–Trinajstić information content (AvgIpc) is 2.64. The monoisotopic (exact) mass is 357 g/mol. The normalized spacial score (nSPS) is 14.0. The molecule has 9 heteroatoms. The third kappa shape index (κ3) is 5.08. The van der Waals surface area contributed by atoms with Crippen molar-refractivity contribution in [3.8, 4) is 0 Å². The number of carbonyl (C=O) groups is 3. The lowest BCUT2D eigenvalue weighted by atomic mass is 9.94. The third-order valence-corrected chi connectivity index (χ3v) is 3.18. The first-order chi connectivity index (χ1) is 11.8. The molecule has 0 aliphatic heterocycles. The van der Waals surface area contributed by atoms with Crippen molar-refractivity contribution in [2.45, 2.75) is 18.6 Å². The predicted octanol–water partition coefficient (Wildman–Crippen LogP) is 1.31. The van der Waals surface area contributed by atoms with Crippen LogP contribution in [0, 0.1) is 0 Å². The van der Waals surface area contributed by atoms with E-state index < -0.39 is 41.5 Å². The van der Waals surface area contributed by atoms with Crippen LogP contribution in [0.25, 0.3) is 0 Å². The molecule has 136 valence electrons. The van der Waals surface area contributed by atoms with Gasteiger partial charge in [0, 0.05) is 0 Å². The standard InChI is InChI=1S/C16H17F2NO6/c1-23-11(20)8-16(19,15(22)24-2)13(18)12(17)14(21)25-9-10-6-4-3-5-7-10/h3-7H,8-9,19H2,1-2H3/b13-12+. The number of benzene rings is 1. The van der Waals surface area contributed by atoms with E-state index >= 15 is 0 Å². The summed E-state index contributed by atoms with van der Waals surface area (Å²) in [6, 6.07) is 8.24. The highest BCUT2D eigenvalue weighted by atomic mass is 19.2. The zero-order valence-electron chi connectivity index (χ0n) is 13.6. The summed E-state index contributed by atoms with van der Waals surface area (Å²) in [6.07, 6.45) is -1.07.